The number of hydrogen-bond acceptors (Lipinski definition) is 0. The zero-order valence-corrected chi connectivity index (χ0v) is 15.1. The molecule has 0 nitrogen and oxygen atoms in total. The Morgan fingerprint density at radius 2 is 0.778 bits per heavy atom. The summed E-state index contributed by atoms with van der Waals surface area (Å²) in [5, 5.41) is 0. The smallest absolute Gasteiger partial charge is 0.0249 e. The molecule has 0 aromatic heterocycles. The summed E-state index contributed by atoms with van der Waals surface area (Å²) < 4.78 is 0. The topological polar surface area (TPSA) is 0 Å². The fraction of sp³-hybridized carbons (Fsp3) is 0.0370. The standard InChI is InChI=1S/C14H10.C13H10/c1-3-7-13(8-4-1)11-12-14-9-5-2-6-10-14;1-3-7-12-10(5-1)9-11-6-2-4-8-13(11)12/h1-10H;1-8H,9H2. The van der Waals surface area contributed by atoms with Gasteiger partial charge in [-0.1, -0.05) is 96.8 Å². The lowest BCUT2D eigenvalue weighted by atomic mass is 10.1. The summed E-state index contributed by atoms with van der Waals surface area (Å²) >= 11 is 0. The molecule has 0 unspecified atom stereocenters. The Hall–Kier alpha value is -3.56. The Morgan fingerprint density at radius 3 is 1.22 bits per heavy atom. The molecule has 128 valence electrons. The number of hydrogen-bond donors (Lipinski definition) is 0. The molecule has 0 fully saturated rings. The highest BCUT2D eigenvalue weighted by atomic mass is 14.2. The Bertz CT molecular complexity index is 994. The van der Waals surface area contributed by atoms with Crippen LogP contribution in [0.3, 0.4) is 0 Å². The second-order valence-electron chi connectivity index (χ2n) is 6.47. The largest absolute Gasteiger partial charge is 0.0622 e. The number of fused-ring (bicyclic) bond motifs is 3. The molecular weight excluding hydrogens is 324 g/mol. The van der Waals surface area contributed by atoms with Crippen LogP contribution in [0.2, 0.25) is 0 Å². The molecule has 1 aliphatic carbocycles. The molecule has 0 heteroatoms. The predicted molar refractivity (Wildman–Crippen MR) is 114 cm³/mol. The van der Waals surface area contributed by atoms with Crippen LogP contribution < -0.4 is 0 Å². The van der Waals surface area contributed by atoms with Crippen LogP contribution in [0.15, 0.2) is 109 Å². The molecule has 0 radical (unpaired) electrons. The maximum absolute atomic E-state index is 3.11. The minimum atomic E-state index is 1.05. The van der Waals surface area contributed by atoms with E-state index in [1.807, 2.05) is 60.7 Å². The third-order valence-corrected chi connectivity index (χ3v) is 4.60. The van der Waals surface area contributed by atoms with Crippen LogP contribution in [0.5, 0.6) is 0 Å². The molecule has 0 saturated carbocycles. The van der Waals surface area contributed by atoms with Crippen LogP contribution in [0.25, 0.3) is 11.1 Å². The van der Waals surface area contributed by atoms with Gasteiger partial charge >= 0.3 is 0 Å². The quantitative estimate of drug-likeness (QED) is 0.287. The lowest BCUT2D eigenvalue weighted by Crippen LogP contribution is -1.77. The van der Waals surface area contributed by atoms with Gasteiger partial charge in [0.15, 0.2) is 0 Å². The van der Waals surface area contributed by atoms with E-state index >= 15 is 0 Å². The molecule has 4 aromatic rings. The first kappa shape index (κ1) is 16.9. The van der Waals surface area contributed by atoms with Crippen LogP contribution in [0, 0.1) is 11.8 Å². The van der Waals surface area contributed by atoms with Gasteiger partial charge in [-0.2, -0.15) is 0 Å². The summed E-state index contributed by atoms with van der Waals surface area (Å²) in [5.41, 5.74) is 7.86. The highest BCUT2D eigenvalue weighted by Gasteiger charge is 2.15. The monoisotopic (exact) mass is 344 g/mol. The van der Waals surface area contributed by atoms with Crippen molar-refractivity contribution in [3.63, 3.8) is 0 Å². The molecule has 0 amide bonds. The van der Waals surface area contributed by atoms with Gasteiger partial charge in [0.2, 0.25) is 0 Å². The van der Waals surface area contributed by atoms with Crippen LogP contribution in [0.4, 0.5) is 0 Å². The summed E-state index contributed by atoms with van der Waals surface area (Å²) in [4.78, 5) is 0. The Kier molecular flexibility index (Phi) is 5.14. The van der Waals surface area contributed by atoms with E-state index in [9.17, 15) is 0 Å². The van der Waals surface area contributed by atoms with E-state index in [0.29, 0.717) is 0 Å². The molecule has 0 spiro atoms. The SMILES string of the molecule is C(#Cc1ccccc1)c1ccccc1.c1ccc2c(c1)Cc1ccccc1-2. The summed E-state index contributed by atoms with van der Waals surface area (Å²) in [6.45, 7) is 0. The predicted octanol–water partition coefficient (Wildman–Crippen LogP) is 6.34. The van der Waals surface area contributed by atoms with Gasteiger partial charge in [0.05, 0.1) is 0 Å². The van der Waals surface area contributed by atoms with Crippen LogP contribution in [-0.2, 0) is 6.42 Å². The van der Waals surface area contributed by atoms with Gasteiger partial charge in [-0.15, -0.1) is 0 Å². The first-order chi connectivity index (χ1) is 13.4. The van der Waals surface area contributed by atoms with Gasteiger partial charge in [-0.05, 0) is 52.9 Å². The molecule has 0 atom stereocenters. The highest BCUT2D eigenvalue weighted by Crippen LogP contribution is 2.35. The Balaban J connectivity index is 0.000000134. The van der Waals surface area contributed by atoms with E-state index in [0.717, 1.165) is 17.5 Å². The average Bonchev–Trinajstić information content (AvgIpc) is 3.13. The summed E-state index contributed by atoms with van der Waals surface area (Å²) in [6, 6.07) is 37.3. The maximum Gasteiger partial charge on any atom is 0.0249 e. The van der Waals surface area contributed by atoms with Crippen molar-refractivity contribution >= 4 is 0 Å². The van der Waals surface area contributed by atoms with Gasteiger partial charge in [0.25, 0.3) is 0 Å². The molecule has 5 rings (SSSR count). The highest BCUT2D eigenvalue weighted by molar-refractivity contribution is 5.76. The maximum atomic E-state index is 3.11. The van der Waals surface area contributed by atoms with Crippen molar-refractivity contribution in [3.05, 3.63) is 131 Å². The van der Waals surface area contributed by atoms with Gasteiger partial charge in [0, 0.05) is 11.1 Å². The number of benzene rings is 4. The van der Waals surface area contributed by atoms with Crippen LogP contribution >= 0.6 is 0 Å². The number of rotatable bonds is 0. The van der Waals surface area contributed by atoms with Crippen molar-refractivity contribution in [1.82, 2.24) is 0 Å². The fourth-order valence-corrected chi connectivity index (χ4v) is 3.27. The van der Waals surface area contributed by atoms with Crippen molar-refractivity contribution in [3.8, 4) is 23.0 Å². The van der Waals surface area contributed by atoms with Crippen molar-refractivity contribution in [2.24, 2.45) is 0 Å². The van der Waals surface area contributed by atoms with Crippen molar-refractivity contribution in [2.75, 3.05) is 0 Å². The summed E-state index contributed by atoms with van der Waals surface area (Å²) in [7, 11) is 0. The van der Waals surface area contributed by atoms with Gasteiger partial charge in [-0.3, -0.25) is 0 Å². The van der Waals surface area contributed by atoms with Crippen molar-refractivity contribution in [1.29, 1.82) is 0 Å². The zero-order chi connectivity index (χ0) is 18.3. The fourth-order valence-electron chi connectivity index (χ4n) is 3.27. The van der Waals surface area contributed by atoms with Gasteiger partial charge in [0.1, 0.15) is 0 Å². The van der Waals surface area contributed by atoms with Gasteiger partial charge in [-0.25, -0.2) is 0 Å². The summed E-state index contributed by atoms with van der Waals surface area (Å²) in [5.74, 6) is 6.22. The average molecular weight is 344 g/mol. The third-order valence-electron chi connectivity index (χ3n) is 4.60. The lowest BCUT2D eigenvalue weighted by molar-refractivity contribution is 1.26. The van der Waals surface area contributed by atoms with E-state index in [1.165, 1.54) is 22.3 Å². The molecule has 4 aromatic carbocycles. The van der Waals surface area contributed by atoms with Crippen LogP contribution in [-0.4, -0.2) is 0 Å². The van der Waals surface area contributed by atoms with E-state index in [1.54, 1.807) is 0 Å². The van der Waals surface area contributed by atoms with E-state index in [-0.39, 0.29) is 0 Å². The molecule has 0 bridgehead atoms. The minimum absolute atomic E-state index is 1.05. The molecule has 0 saturated heterocycles. The molecular formula is C27H20. The summed E-state index contributed by atoms with van der Waals surface area (Å²) in [6.07, 6.45) is 1.10. The Morgan fingerprint density at radius 1 is 0.407 bits per heavy atom. The molecule has 0 aliphatic heterocycles. The Labute approximate surface area is 161 Å². The third kappa shape index (κ3) is 4.17. The van der Waals surface area contributed by atoms with E-state index < -0.39 is 0 Å². The molecule has 0 N–H and O–H groups in total. The van der Waals surface area contributed by atoms with Crippen molar-refractivity contribution in [2.45, 2.75) is 6.42 Å². The van der Waals surface area contributed by atoms with E-state index in [4.69, 9.17) is 0 Å². The molecule has 27 heavy (non-hydrogen) atoms. The second kappa shape index (κ2) is 8.21. The first-order valence-corrected chi connectivity index (χ1v) is 9.18. The lowest BCUT2D eigenvalue weighted by Gasteiger charge is -1.98. The molecule has 1 aliphatic rings. The van der Waals surface area contributed by atoms with Crippen LogP contribution in [0.1, 0.15) is 22.3 Å². The second-order valence-corrected chi connectivity index (χ2v) is 6.47. The minimum Gasteiger partial charge on any atom is -0.0622 e. The normalized spacial score (nSPS) is 10.5. The van der Waals surface area contributed by atoms with E-state index in [2.05, 4.69) is 60.4 Å². The van der Waals surface area contributed by atoms with Crippen molar-refractivity contribution < 1.29 is 0 Å². The van der Waals surface area contributed by atoms with Gasteiger partial charge < -0.3 is 0 Å². The molecule has 0 heterocycles. The zero-order valence-electron chi connectivity index (χ0n) is 15.1. The first-order valence-electron chi connectivity index (χ1n) is 9.18.